The Morgan fingerprint density at radius 1 is 1.12 bits per heavy atom. The first-order valence-electron chi connectivity index (χ1n) is 6.83. The maximum Gasteiger partial charge on any atom is 0.222 e. The van der Waals surface area contributed by atoms with E-state index < -0.39 is 0 Å². The van der Waals surface area contributed by atoms with Crippen LogP contribution in [0.5, 0.6) is 0 Å². The van der Waals surface area contributed by atoms with Gasteiger partial charge in [0.05, 0.1) is 0 Å². The highest BCUT2D eigenvalue weighted by Crippen LogP contribution is 2.21. The quantitative estimate of drug-likeness (QED) is 0.692. The van der Waals surface area contributed by atoms with Crippen molar-refractivity contribution in [3.05, 3.63) is 18.0 Å². The van der Waals surface area contributed by atoms with Crippen LogP contribution in [0.25, 0.3) is 0 Å². The molecular weight excluding hydrogens is 210 g/mol. The topological polar surface area (TPSA) is 37.8 Å². The summed E-state index contributed by atoms with van der Waals surface area (Å²) < 4.78 is 0. The number of hydrogen-bond donors (Lipinski definition) is 1. The van der Waals surface area contributed by atoms with Crippen molar-refractivity contribution in [1.29, 1.82) is 0 Å². The summed E-state index contributed by atoms with van der Waals surface area (Å²) in [5.41, 5.74) is 1.25. The van der Waals surface area contributed by atoms with Crippen LogP contribution in [0, 0.1) is 0 Å². The van der Waals surface area contributed by atoms with E-state index in [1.54, 1.807) is 0 Å². The second-order valence-electron chi connectivity index (χ2n) is 4.62. The Balaban J connectivity index is 2.37. The van der Waals surface area contributed by atoms with Gasteiger partial charge in [0.2, 0.25) is 5.95 Å². The third-order valence-corrected chi connectivity index (χ3v) is 3.07. The molecule has 1 rings (SSSR count). The van der Waals surface area contributed by atoms with Gasteiger partial charge in [0.25, 0.3) is 0 Å². The zero-order valence-electron chi connectivity index (χ0n) is 11.4. The Hall–Kier alpha value is -1.12. The van der Waals surface area contributed by atoms with Gasteiger partial charge in [-0.25, -0.2) is 9.97 Å². The smallest absolute Gasteiger partial charge is 0.222 e. The Bertz CT molecular complexity index is 295. The summed E-state index contributed by atoms with van der Waals surface area (Å²) in [6.07, 6.45) is 10.5. The maximum absolute atomic E-state index is 4.31. The highest BCUT2D eigenvalue weighted by molar-refractivity contribution is 5.25. The van der Waals surface area contributed by atoms with Crippen LogP contribution in [0.2, 0.25) is 0 Å². The van der Waals surface area contributed by atoms with Gasteiger partial charge in [-0.1, -0.05) is 39.5 Å². The predicted molar refractivity (Wildman–Crippen MR) is 73.4 cm³/mol. The molecule has 1 N–H and O–H groups in total. The normalized spacial score (nSPS) is 12.4. The van der Waals surface area contributed by atoms with E-state index in [0.717, 1.165) is 12.5 Å². The molecule has 1 heterocycles. The molecule has 0 spiro atoms. The van der Waals surface area contributed by atoms with Gasteiger partial charge in [0.15, 0.2) is 0 Å². The Labute approximate surface area is 105 Å². The number of hydrogen-bond acceptors (Lipinski definition) is 3. The number of nitrogens with zero attached hydrogens (tertiary/aromatic N) is 2. The highest BCUT2D eigenvalue weighted by atomic mass is 15.1. The lowest BCUT2D eigenvalue weighted by Gasteiger charge is -2.11. The van der Waals surface area contributed by atoms with Gasteiger partial charge in [-0.2, -0.15) is 0 Å². The molecule has 96 valence electrons. The zero-order valence-corrected chi connectivity index (χ0v) is 11.4. The summed E-state index contributed by atoms with van der Waals surface area (Å²) in [6, 6.07) is 0. The minimum atomic E-state index is 0.572. The van der Waals surface area contributed by atoms with Crippen molar-refractivity contribution < 1.29 is 0 Å². The fourth-order valence-corrected chi connectivity index (χ4v) is 1.89. The van der Waals surface area contributed by atoms with Gasteiger partial charge in [0, 0.05) is 18.9 Å². The number of anilines is 1. The maximum atomic E-state index is 4.31. The monoisotopic (exact) mass is 235 g/mol. The number of aromatic nitrogens is 2. The molecule has 1 atom stereocenters. The summed E-state index contributed by atoms with van der Waals surface area (Å²) in [5, 5.41) is 3.11. The van der Waals surface area contributed by atoms with Crippen molar-refractivity contribution in [1.82, 2.24) is 9.97 Å². The number of unbranched alkanes of at least 4 members (excludes halogenated alkanes) is 3. The van der Waals surface area contributed by atoms with Crippen molar-refractivity contribution in [2.75, 3.05) is 11.9 Å². The molecule has 0 radical (unpaired) electrons. The Morgan fingerprint density at radius 3 is 2.41 bits per heavy atom. The molecule has 0 saturated carbocycles. The van der Waals surface area contributed by atoms with E-state index in [2.05, 4.69) is 29.1 Å². The van der Waals surface area contributed by atoms with E-state index in [4.69, 9.17) is 0 Å². The van der Waals surface area contributed by atoms with Crippen LogP contribution in [0.1, 0.15) is 64.4 Å². The molecule has 0 aromatic carbocycles. The summed E-state index contributed by atoms with van der Waals surface area (Å²) in [4.78, 5) is 8.62. The van der Waals surface area contributed by atoms with Gasteiger partial charge >= 0.3 is 0 Å². The Kier molecular flexibility index (Phi) is 6.60. The fraction of sp³-hybridized carbons (Fsp3) is 0.714. The molecule has 0 fully saturated rings. The van der Waals surface area contributed by atoms with E-state index in [1.807, 2.05) is 19.3 Å². The van der Waals surface area contributed by atoms with E-state index in [9.17, 15) is 0 Å². The molecule has 0 aliphatic heterocycles. The summed E-state index contributed by atoms with van der Waals surface area (Å²) in [7, 11) is 0. The molecule has 0 bridgehead atoms. The summed E-state index contributed by atoms with van der Waals surface area (Å²) in [5.74, 6) is 1.30. The van der Waals surface area contributed by atoms with Crippen molar-refractivity contribution in [2.45, 2.75) is 58.8 Å². The summed E-state index contributed by atoms with van der Waals surface area (Å²) in [6.45, 7) is 7.42. The predicted octanol–water partition coefficient (Wildman–Crippen LogP) is 3.98. The van der Waals surface area contributed by atoms with Crippen molar-refractivity contribution in [3.63, 3.8) is 0 Å². The lowest BCUT2D eigenvalue weighted by Crippen LogP contribution is -2.03. The van der Waals surface area contributed by atoms with E-state index >= 15 is 0 Å². The van der Waals surface area contributed by atoms with Gasteiger partial charge in [-0.05, 0) is 24.8 Å². The molecule has 1 aromatic heterocycles. The number of rotatable bonds is 8. The number of nitrogens with one attached hydrogen (secondary N) is 1. The van der Waals surface area contributed by atoms with Gasteiger partial charge in [-0.15, -0.1) is 0 Å². The molecule has 0 saturated heterocycles. The summed E-state index contributed by atoms with van der Waals surface area (Å²) >= 11 is 0. The van der Waals surface area contributed by atoms with Crippen LogP contribution < -0.4 is 5.32 Å². The van der Waals surface area contributed by atoms with Crippen LogP contribution in [-0.2, 0) is 0 Å². The lowest BCUT2D eigenvalue weighted by molar-refractivity contribution is 0.578. The largest absolute Gasteiger partial charge is 0.355 e. The zero-order chi connectivity index (χ0) is 12.5. The van der Waals surface area contributed by atoms with Crippen molar-refractivity contribution in [2.24, 2.45) is 0 Å². The third-order valence-electron chi connectivity index (χ3n) is 3.07. The molecule has 1 unspecified atom stereocenters. The van der Waals surface area contributed by atoms with Crippen LogP contribution in [-0.4, -0.2) is 16.5 Å². The lowest BCUT2D eigenvalue weighted by atomic mass is 9.97. The van der Waals surface area contributed by atoms with E-state index in [1.165, 1.54) is 37.7 Å². The van der Waals surface area contributed by atoms with Gasteiger partial charge in [0.1, 0.15) is 0 Å². The second kappa shape index (κ2) is 8.04. The van der Waals surface area contributed by atoms with Crippen LogP contribution in [0.3, 0.4) is 0 Å². The van der Waals surface area contributed by atoms with Crippen molar-refractivity contribution in [3.8, 4) is 0 Å². The molecule has 17 heavy (non-hydrogen) atoms. The van der Waals surface area contributed by atoms with Crippen LogP contribution in [0.4, 0.5) is 5.95 Å². The highest BCUT2D eigenvalue weighted by Gasteiger charge is 2.06. The molecule has 3 heteroatoms. The minimum absolute atomic E-state index is 0.572. The SMILES string of the molecule is CCCCCCC(C)c1cnc(NCC)nc1. The molecule has 1 aromatic rings. The molecular formula is C14H25N3. The molecule has 0 aliphatic rings. The average Bonchev–Trinajstić information content (AvgIpc) is 2.36. The van der Waals surface area contributed by atoms with E-state index in [-0.39, 0.29) is 0 Å². The molecule has 0 aliphatic carbocycles. The average molecular weight is 235 g/mol. The standard InChI is InChI=1S/C14H25N3/c1-4-6-7-8-9-12(3)13-10-16-14(15-5-2)17-11-13/h10-12H,4-9H2,1-3H3,(H,15,16,17). The van der Waals surface area contributed by atoms with Crippen LogP contribution >= 0.6 is 0 Å². The third kappa shape index (κ3) is 5.16. The second-order valence-corrected chi connectivity index (χ2v) is 4.62. The molecule has 3 nitrogen and oxygen atoms in total. The van der Waals surface area contributed by atoms with Gasteiger partial charge in [-0.3, -0.25) is 0 Å². The minimum Gasteiger partial charge on any atom is -0.355 e. The van der Waals surface area contributed by atoms with Crippen molar-refractivity contribution >= 4 is 5.95 Å². The molecule has 0 amide bonds. The first kappa shape index (κ1) is 13.9. The van der Waals surface area contributed by atoms with E-state index in [0.29, 0.717) is 5.92 Å². The first-order chi connectivity index (χ1) is 8.27. The Morgan fingerprint density at radius 2 is 1.82 bits per heavy atom. The van der Waals surface area contributed by atoms with Crippen LogP contribution in [0.15, 0.2) is 12.4 Å². The van der Waals surface area contributed by atoms with Gasteiger partial charge < -0.3 is 5.32 Å². The fourth-order valence-electron chi connectivity index (χ4n) is 1.89. The first-order valence-corrected chi connectivity index (χ1v) is 6.83.